The monoisotopic (exact) mass is 386 g/mol. The van der Waals surface area contributed by atoms with E-state index in [1.165, 1.54) is 0 Å². The van der Waals surface area contributed by atoms with Crippen LogP contribution in [0.25, 0.3) is 0 Å². The smallest absolute Gasteiger partial charge is 0.340 e. The minimum absolute atomic E-state index is 0.300. The van der Waals surface area contributed by atoms with Gasteiger partial charge in [0.15, 0.2) is 6.10 Å². The zero-order valence-corrected chi connectivity index (χ0v) is 15.9. The van der Waals surface area contributed by atoms with Gasteiger partial charge in [0.2, 0.25) is 0 Å². The minimum Gasteiger partial charge on any atom is -0.426 e. The van der Waals surface area contributed by atoms with E-state index in [2.05, 4.69) is 0 Å². The Morgan fingerprint density at radius 1 is 0.893 bits per heavy atom. The molecule has 2 aromatic carbocycles. The molecule has 2 aromatic rings. The fourth-order valence-electron chi connectivity index (χ4n) is 2.41. The fraction of sp³-hybridized carbons (Fsp3) is 0.333. The molecule has 28 heavy (non-hydrogen) atoms. The first kappa shape index (κ1) is 21.2. The van der Waals surface area contributed by atoms with Gasteiger partial charge in [-0.1, -0.05) is 18.6 Å². The second-order valence-corrected chi connectivity index (χ2v) is 6.36. The van der Waals surface area contributed by atoms with Crippen molar-refractivity contribution in [3.05, 3.63) is 48.5 Å². The maximum atomic E-state index is 12.0. The maximum absolute atomic E-state index is 12.0. The summed E-state index contributed by atoms with van der Waals surface area (Å²) in [6.45, 7) is 2.04. The standard InChI is InChI=1S/C21H26N2O5/c1-15(21(25)28-19-10-6-8-17(23)14-19)26-12-4-2-3-11-20(24)27-18-9-5-7-16(22)13-18/h5-10,13-15H,2-4,11-12,22-23H2,1H3. The van der Waals surface area contributed by atoms with Gasteiger partial charge in [0, 0.05) is 36.5 Å². The Morgan fingerprint density at radius 3 is 2.11 bits per heavy atom. The molecule has 0 saturated heterocycles. The Kier molecular flexibility index (Phi) is 8.30. The molecule has 0 heterocycles. The van der Waals surface area contributed by atoms with Crippen LogP contribution in [0.1, 0.15) is 32.6 Å². The number of hydrogen-bond donors (Lipinski definition) is 2. The van der Waals surface area contributed by atoms with E-state index in [-0.39, 0.29) is 5.97 Å². The molecule has 7 nitrogen and oxygen atoms in total. The molecule has 1 unspecified atom stereocenters. The van der Waals surface area contributed by atoms with E-state index in [0.29, 0.717) is 42.3 Å². The van der Waals surface area contributed by atoms with Crippen molar-refractivity contribution < 1.29 is 23.8 Å². The van der Waals surface area contributed by atoms with Crippen LogP contribution in [-0.2, 0) is 14.3 Å². The van der Waals surface area contributed by atoms with Crippen molar-refractivity contribution in [2.75, 3.05) is 18.1 Å². The van der Waals surface area contributed by atoms with Gasteiger partial charge in [-0.2, -0.15) is 0 Å². The third-order valence-corrected chi connectivity index (χ3v) is 3.89. The van der Waals surface area contributed by atoms with Crippen LogP contribution in [0.15, 0.2) is 48.5 Å². The third kappa shape index (κ3) is 7.67. The van der Waals surface area contributed by atoms with Crippen LogP contribution in [0.4, 0.5) is 11.4 Å². The number of carbonyl (C=O) groups excluding carboxylic acids is 2. The van der Waals surface area contributed by atoms with E-state index in [9.17, 15) is 9.59 Å². The van der Waals surface area contributed by atoms with Gasteiger partial charge in [0.25, 0.3) is 0 Å². The van der Waals surface area contributed by atoms with E-state index in [0.717, 1.165) is 12.8 Å². The van der Waals surface area contributed by atoms with Crippen molar-refractivity contribution in [2.45, 2.75) is 38.7 Å². The number of nitrogens with two attached hydrogens (primary N) is 2. The molecule has 0 aliphatic rings. The van der Waals surface area contributed by atoms with Crippen molar-refractivity contribution in [2.24, 2.45) is 0 Å². The van der Waals surface area contributed by atoms with Crippen molar-refractivity contribution in [3.8, 4) is 11.5 Å². The van der Waals surface area contributed by atoms with E-state index in [1.54, 1.807) is 55.5 Å². The predicted octanol–water partition coefficient (Wildman–Crippen LogP) is 3.33. The Balaban J connectivity index is 1.57. The summed E-state index contributed by atoms with van der Waals surface area (Å²) in [6, 6.07) is 13.4. The SMILES string of the molecule is CC(OCCCCCC(=O)Oc1cccc(N)c1)C(=O)Oc1cccc(N)c1. The molecule has 0 radical (unpaired) electrons. The largest absolute Gasteiger partial charge is 0.426 e. The number of nitrogen functional groups attached to an aromatic ring is 2. The summed E-state index contributed by atoms with van der Waals surface area (Å²) >= 11 is 0. The molecule has 7 heteroatoms. The van der Waals surface area contributed by atoms with Gasteiger partial charge in [-0.15, -0.1) is 0 Å². The first-order valence-corrected chi connectivity index (χ1v) is 9.19. The normalized spacial score (nSPS) is 11.6. The molecule has 150 valence electrons. The Labute approximate surface area is 164 Å². The zero-order chi connectivity index (χ0) is 20.4. The van der Waals surface area contributed by atoms with E-state index < -0.39 is 12.1 Å². The molecule has 0 fully saturated rings. The lowest BCUT2D eigenvalue weighted by molar-refractivity contribution is -0.146. The number of esters is 2. The highest BCUT2D eigenvalue weighted by Crippen LogP contribution is 2.16. The number of unbranched alkanes of at least 4 members (excludes halogenated alkanes) is 2. The lowest BCUT2D eigenvalue weighted by Gasteiger charge is -2.12. The number of benzene rings is 2. The summed E-state index contributed by atoms with van der Waals surface area (Å²) in [7, 11) is 0. The number of carbonyl (C=O) groups is 2. The average molecular weight is 386 g/mol. The quantitative estimate of drug-likeness (QED) is 0.279. The van der Waals surface area contributed by atoms with E-state index in [4.69, 9.17) is 25.7 Å². The summed E-state index contributed by atoms with van der Waals surface area (Å²) < 4.78 is 15.9. The highest BCUT2D eigenvalue weighted by molar-refractivity contribution is 5.77. The first-order valence-electron chi connectivity index (χ1n) is 9.19. The average Bonchev–Trinajstić information content (AvgIpc) is 2.64. The fourth-order valence-corrected chi connectivity index (χ4v) is 2.41. The summed E-state index contributed by atoms with van der Waals surface area (Å²) in [5.41, 5.74) is 12.4. The van der Waals surface area contributed by atoms with Crippen LogP contribution in [0.3, 0.4) is 0 Å². The van der Waals surface area contributed by atoms with Crippen LogP contribution < -0.4 is 20.9 Å². The number of ether oxygens (including phenoxy) is 3. The molecule has 0 aromatic heterocycles. The molecule has 0 aliphatic carbocycles. The topological polar surface area (TPSA) is 114 Å². The number of hydrogen-bond acceptors (Lipinski definition) is 7. The van der Waals surface area contributed by atoms with Gasteiger partial charge < -0.3 is 25.7 Å². The molecular formula is C21H26N2O5. The van der Waals surface area contributed by atoms with Gasteiger partial charge in [0.1, 0.15) is 11.5 Å². The molecule has 2 rings (SSSR count). The van der Waals surface area contributed by atoms with Crippen molar-refractivity contribution in [3.63, 3.8) is 0 Å². The summed E-state index contributed by atoms with van der Waals surface area (Å²) in [6.07, 6.45) is 1.80. The van der Waals surface area contributed by atoms with Crippen molar-refractivity contribution in [1.29, 1.82) is 0 Å². The van der Waals surface area contributed by atoms with Crippen molar-refractivity contribution >= 4 is 23.3 Å². The zero-order valence-electron chi connectivity index (χ0n) is 15.9. The second-order valence-electron chi connectivity index (χ2n) is 6.36. The van der Waals surface area contributed by atoms with Gasteiger partial charge in [-0.25, -0.2) is 4.79 Å². The molecule has 4 N–H and O–H groups in total. The summed E-state index contributed by atoms with van der Waals surface area (Å²) in [5, 5.41) is 0. The van der Waals surface area contributed by atoms with Crippen molar-refractivity contribution in [1.82, 2.24) is 0 Å². The molecule has 0 spiro atoms. The predicted molar refractivity (Wildman–Crippen MR) is 107 cm³/mol. The van der Waals surface area contributed by atoms with Gasteiger partial charge >= 0.3 is 11.9 Å². The summed E-state index contributed by atoms with van der Waals surface area (Å²) in [5.74, 6) is 0.0573. The van der Waals surface area contributed by atoms with Gasteiger partial charge in [-0.05, 0) is 44.0 Å². The molecule has 0 aliphatic heterocycles. The van der Waals surface area contributed by atoms with Gasteiger partial charge in [-0.3, -0.25) is 4.79 Å². The third-order valence-electron chi connectivity index (χ3n) is 3.89. The Bertz CT molecular complexity index is 794. The molecule has 1 atom stereocenters. The van der Waals surface area contributed by atoms with Crippen LogP contribution >= 0.6 is 0 Å². The Morgan fingerprint density at radius 2 is 1.50 bits per heavy atom. The van der Waals surface area contributed by atoms with Crippen LogP contribution in [-0.4, -0.2) is 24.6 Å². The molecule has 0 bridgehead atoms. The lowest BCUT2D eigenvalue weighted by Crippen LogP contribution is -2.26. The lowest BCUT2D eigenvalue weighted by atomic mass is 10.2. The van der Waals surface area contributed by atoms with Gasteiger partial charge in [0.05, 0.1) is 0 Å². The summed E-state index contributed by atoms with van der Waals surface area (Å²) in [4.78, 5) is 23.8. The maximum Gasteiger partial charge on any atom is 0.340 e. The minimum atomic E-state index is -0.685. The highest BCUT2D eigenvalue weighted by Gasteiger charge is 2.16. The number of anilines is 2. The molecule has 0 saturated carbocycles. The van der Waals surface area contributed by atoms with E-state index in [1.807, 2.05) is 0 Å². The number of rotatable bonds is 10. The first-order chi connectivity index (χ1) is 13.4. The Hall–Kier alpha value is -3.06. The second kappa shape index (κ2) is 10.9. The molecule has 0 amide bonds. The van der Waals surface area contributed by atoms with Crippen LogP contribution in [0.5, 0.6) is 11.5 Å². The van der Waals surface area contributed by atoms with Crippen LogP contribution in [0, 0.1) is 0 Å². The van der Waals surface area contributed by atoms with Crippen LogP contribution in [0.2, 0.25) is 0 Å². The highest BCUT2D eigenvalue weighted by atomic mass is 16.6. The molecular weight excluding hydrogens is 360 g/mol. The van der Waals surface area contributed by atoms with E-state index >= 15 is 0 Å².